The number of hydrogen-bond donors (Lipinski definition) is 6. The van der Waals surface area contributed by atoms with E-state index in [9.17, 15) is 9.90 Å². The van der Waals surface area contributed by atoms with Gasteiger partial charge in [-0.05, 0) is 50.8 Å². The van der Waals surface area contributed by atoms with Gasteiger partial charge < -0.3 is 32.5 Å². The largest absolute Gasteiger partial charge is 0.412 e. The van der Waals surface area contributed by atoms with Crippen LogP contribution in [0.2, 0.25) is 0 Å². The van der Waals surface area contributed by atoms with Crippen LogP contribution in [-0.2, 0) is 0 Å². The Balaban J connectivity index is 0.00000243. The second-order valence-electron chi connectivity index (χ2n) is 6.93. The molecule has 1 aromatic heterocycles. The van der Waals surface area contributed by atoms with E-state index in [0.29, 0.717) is 16.8 Å². The Kier molecular flexibility index (Phi) is 9.59. The van der Waals surface area contributed by atoms with Crippen LogP contribution in [0.4, 0.5) is 5.69 Å². The maximum Gasteiger partial charge on any atom is 0.259 e. The molecule has 156 valence electrons. The zero-order valence-corrected chi connectivity index (χ0v) is 16.8. The molecule has 0 aliphatic heterocycles. The van der Waals surface area contributed by atoms with Crippen molar-refractivity contribution in [3.8, 4) is 0 Å². The Bertz CT molecular complexity index is 827. The van der Waals surface area contributed by atoms with Gasteiger partial charge in [0.1, 0.15) is 0 Å². The van der Waals surface area contributed by atoms with Crippen molar-refractivity contribution < 1.29 is 16.1 Å². The summed E-state index contributed by atoms with van der Waals surface area (Å²) in [5, 5.41) is 22.0. The van der Waals surface area contributed by atoms with E-state index in [1.54, 1.807) is 36.5 Å². The van der Waals surface area contributed by atoms with Crippen LogP contribution >= 0.6 is 12.6 Å². The minimum absolute atomic E-state index is 0. The van der Waals surface area contributed by atoms with Crippen LogP contribution in [0.5, 0.6) is 0 Å². The Labute approximate surface area is 169 Å². The minimum Gasteiger partial charge on any atom is -0.412 e. The number of anilines is 1. The molecule has 0 saturated heterocycles. The lowest BCUT2D eigenvalue weighted by atomic mass is 9.83. The quantitative estimate of drug-likeness (QED) is 0.331. The molecule has 0 radical (unpaired) electrons. The van der Waals surface area contributed by atoms with Crippen LogP contribution in [0.1, 0.15) is 43.7 Å². The van der Waals surface area contributed by atoms with Gasteiger partial charge in [0.2, 0.25) is 0 Å². The first-order valence-electron chi connectivity index (χ1n) is 8.45. The van der Waals surface area contributed by atoms with Gasteiger partial charge in [-0.15, -0.1) is 12.6 Å². The lowest BCUT2D eigenvalue weighted by Gasteiger charge is -2.34. The van der Waals surface area contributed by atoms with Crippen LogP contribution in [0.15, 0.2) is 46.2 Å². The van der Waals surface area contributed by atoms with Crippen LogP contribution < -0.4 is 17.0 Å². The van der Waals surface area contributed by atoms with Crippen LogP contribution in [0.25, 0.3) is 0 Å². The standard InChI is InChI=1S/C19H23N3O2S.H3N.2H2O/c1-19(24)9-6-13(7-10-19)22-15-8-11-21-18(23)16(15)17(20)12-2-4-14(25)5-3-12;;;/h2-5,8,11,13,20,24-25H,6-7,9-10H2,1H3,(H2,21,22,23);1H3;2*1H2. The Hall–Kier alpha value is -2.17. The molecule has 0 atom stereocenters. The third-order valence-corrected chi connectivity index (χ3v) is 5.09. The molecule has 2 aromatic rings. The summed E-state index contributed by atoms with van der Waals surface area (Å²) in [5.41, 5.74) is 0.968. The summed E-state index contributed by atoms with van der Waals surface area (Å²) in [7, 11) is 0. The third kappa shape index (κ3) is 5.91. The lowest BCUT2D eigenvalue weighted by molar-refractivity contribution is 0.0196. The SMILES string of the molecule is CC1(O)CCC(Nc2cc[nH]c(=O)c2C(=N)c2ccc(S)cc2)CC1.N.O.O. The van der Waals surface area contributed by atoms with Crippen molar-refractivity contribution in [3.63, 3.8) is 0 Å². The summed E-state index contributed by atoms with van der Waals surface area (Å²) in [6, 6.07) is 9.18. The number of aromatic amines is 1. The normalized spacial score (nSPS) is 20.8. The Morgan fingerprint density at radius 3 is 2.36 bits per heavy atom. The van der Waals surface area contributed by atoms with Crippen molar-refractivity contribution in [2.45, 2.75) is 49.1 Å². The average Bonchev–Trinajstić information content (AvgIpc) is 2.57. The molecule has 28 heavy (non-hydrogen) atoms. The predicted octanol–water partition coefficient (Wildman–Crippen LogP) is 1.70. The number of thiol groups is 1. The van der Waals surface area contributed by atoms with E-state index in [1.165, 1.54) is 0 Å². The highest BCUT2D eigenvalue weighted by Crippen LogP contribution is 2.30. The smallest absolute Gasteiger partial charge is 0.259 e. The molecule has 1 aliphatic carbocycles. The highest BCUT2D eigenvalue weighted by atomic mass is 32.1. The van der Waals surface area contributed by atoms with Gasteiger partial charge in [-0.2, -0.15) is 0 Å². The second kappa shape index (κ2) is 10.4. The van der Waals surface area contributed by atoms with Gasteiger partial charge in [-0.25, -0.2) is 0 Å². The molecule has 1 saturated carbocycles. The third-order valence-electron chi connectivity index (χ3n) is 4.79. The zero-order chi connectivity index (χ0) is 18.0. The molecule has 0 amide bonds. The zero-order valence-electron chi connectivity index (χ0n) is 15.9. The van der Waals surface area contributed by atoms with Crippen LogP contribution in [-0.4, -0.2) is 38.4 Å². The molecule has 1 aromatic carbocycles. The number of rotatable bonds is 4. The van der Waals surface area contributed by atoms with Crippen LogP contribution in [0.3, 0.4) is 0 Å². The van der Waals surface area contributed by atoms with Crippen molar-refractivity contribution >= 4 is 24.0 Å². The molecule has 11 N–H and O–H groups in total. The van der Waals surface area contributed by atoms with Gasteiger partial charge >= 0.3 is 0 Å². The number of benzene rings is 1. The summed E-state index contributed by atoms with van der Waals surface area (Å²) in [6.07, 6.45) is 4.72. The van der Waals surface area contributed by atoms with Gasteiger partial charge in [0, 0.05) is 22.7 Å². The van der Waals surface area contributed by atoms with E-state index < -0.39 is 5.60 Å². The number of hydrogen-bond acceptors (Lipinski definition) is 6. The van der Waals surface area contributed by atoms with Gasteiger partial charge in [0.05, 0.1) is 22.6 Å². The lowest BCUT2D eigenvalue weighted by Crippen LogP contribution is -2.36. The molecule has 1 fully saturated rings. The fourth-order valence-electron chi connectivity index (χ4n) is 3.22. The highest BCUT2D eigenvalue weighted by Gasteiger charge is 2.29. The molecular formula is C19H30N4O4S. The van der Waals surface area contributed by atoms with E-state index in [4.69, 9.17) is 5.41 Å². The Morgan fingerprint density at radius 1 is 1.21 bits per heavy atom. The van der Waals surface area contributed by atoms with E-state index in [0.717, 1.165) is 30.6 Å². The first-order valence-corrected chi connectivity index (χ1v) is 8.89. The number of aromatic nitrogens is 1. The second-order valence-corrected chi connectivity index (χ2v) is 7.45. The van der Waals surface area contributed by atoms with E-state index in [-0.39, 0.29) is 34.4 Å². The maximum atomic E-state index is 12.4. The molecular weight excluding hydrogens is 380 g/mol. The summed E-state index contributed by atoms with van der Waals surface area (Å²) in [6.45, 7) is 1.86. The summed E-state index contributed by atoms with van der Waals surface area (Å²) >= 11 is 4.26. The first kappa shape index (κ1) is 25.8. The van der Waals surface area contributed by atoms with Crippen molar-refractivity contribution in [1.29, 1.82) is 5.41 Å². The molecule has 8 nitrogen and oxygen atoms in total. The maximum absolute atomic E-state index is 12.4. The number of H-pyrrole nitrogens is 1. The summed E-state index contributed by atoms with van der Waals surface area (Å²) < 4.78 is 0. The highest BCUT2D eigenvalue weighted by molar-refractivity contribution is 7.80. The topological polar surface area (TPSA) is 187 Å². The van der Waals surface area contributed by atoms with E-state index >= 15 is 0 Å². The molecule has 3 rings (SSSR count). The molecule has 9 heteroatoms. The molecule has 1 heterocycles. The molecule has 1 aliphatic rings. The average molecular weight is 411 g/mol. The van der Waals surface area contributed by atoms with E-state index in [2.05, 4.69) is 22.9 Å². The van der Waals surface area contributed by atoms with Gasteiger partial charge in [0.25, 0.3) is 5.56 Å². The van der Waals surface area contributed by atoms with Gasteiger partial charge in [-0.1, -0.05) is 12.1 Å². The molecule has 0 bridgehead atoms. The van der Waals surface area contributed by atoms with Crippen molar-refractivity contribution in [2.24, 2.45) is 0 Å². The van der Waals surface area contributed by atoms with Crippen molar-refractivity contribution in [2.75, 3.05) is 5.32 Å². The first-order chi connectivity index (χ1) is 11.9. The van der Waals surface area contributed by atoms with Crippen LogP contribution in [0, 0.1) is 5.41 Å². The van der Waals surface area contributed by atoms with Gasteiger partial charge in [-0.3, -0.25) is 10.2 Å². The minimum atomic E-state index is -0.601. The fourth-order valence-corrected chi connectivity index (χ4v) is 3.37. The number of aliphatic hydroxyl groups is 1. The van der Waals surface area contributed by atoms with Gasteiger partial charge in [0.15, 0.2) is 0 Å². The predicted molar refractivity (Wildman–Crippen MR) is 115 cm³/mol. The monoisotopic (exact) mass is 410 g/mol. The Morgan fingerprint density at radius 2 is 1.79 bits per heavy atom. The molecule has 0 spiro atoms. The van der Waals surface area contributed by atoms with Crippen molar-refractivity contribution in [3.05, 3.63) is 58.0 Å². The number of nitrogens with one attached hydrogen (secondary N) is 3. The summed E-state index contributed by atoms with van der Waals surface area (Å²) in [4.78, 5) is 15.8. The number of pyridine rings is 1. The summed E-state index contributed by atoms with van der Waals surface area (Å²) in [5.74, 6) is 0. The fraction of sp³-hybridized carbons (Fsp3) is 0.368. The van der Waals surface area contributed by atoms with Crippen molar-refractivity contribution in [1.82, 2.24) is 11.1 Å². The molecule has 0 unspecified atom stereocenters. The van der Waals surface area contributed by atoms with E-state index in [1.807, 2.05) is 6.92 Å².